The van der Waals surface area contributed by atoms with Gasteiger partial charge in [0.05, 0.1) is 5.69 Å². The average Bonchev–Trinajstić information content (AvgIpc) is 2.95. The first-order chi connectivity index (χ1) is 10.1. The number of rotatable bonds is 7. The molecule has 0 aliphatic carbocycles. The molecule has 7 nitrogen and oxygen atoms in total. The van der Waals surface area contributed by atoms with Crippen molar-refractivity contribution in [2.75, 3.05) is 12.3 Å². The first-order valence-electron chi connectivity index (χ1n) is 6.52. The number of hydrogen-bond acceptors (Lipinski definition) is 6. The Morgan fingerprint density at radius 3 is 2.76 bits per heavy atom. The van der Waals surface area contributed by atoms with Gasteiger partial charge in [0.25, 0.3) is 0 Å². The van der Waals surface area contributed by atoms with Crippen molar-refractivity contribution in [2.24, 2.45) is 0 Å². The zero-order valence-corrected chi connectivity index (χ0v) is 12.7. The molecule has 2 N–H and O–H groups in total. The van der Waals surface area contributed by atoms with Gasteiger partial charge in [-0.2, -0.15) is 4.68 Å². The van der Waals surface area contributed by atoms with Crippen LogP contribution in [0.5, 0.6) is 0 Å². The summed E-state index contributed by atoms with van der Waals surface area (Å²) in [6, 6.07) is 9.48. The molecule has 1 heterocycles. The van der Waals surface area contributed by atoms with Crippen LogP contribution in [0, 0.1) is 0 Å². The molecule has 1 atom stereocenters. The lowest BCUT2D eigenvalue weighted by molar-refractivity contribution is -0.143. The average molecular weight is 307 g/mol. The number of para-hydroxylation sites is 1. The number of nitrogens with zero attached hydrogens (tertiary/aromatic N) is 4. The van der Waals surface area contributed by atoms with Crippen LogP contribution in [-0.4, -0.2) is 49.1 Å². The smallest absolute Gasteiger partial charge is 0.324 e. The maximum absolute atomic E-state index is 11.4. The van der Waals surface area contributed by atoms with E-state index >= 15 is 0 Å². The van der Waals surface area contributed by atoms with E-state index in [4.69, 9.17) is 0 Å². The highest BCUT2D eigenvalue weighted by Crippen LogP contribution is 2.22. The number of carbonyl (C=O) groups is 1. The molecule has 0 aliphatic rings. The van der Waals surface area contributed by atoms with E-state index in [1.807, 2.05) is 37.3 Å². The van der Waals surface area contributed by atoms with Gasteiger partial charge in [-0.15, -0.1) is 5.10 Å². The van der Waals surface area contributed by atoms with Crippen molar-refractivity contribution in [1.29, 1.82) is 0 Å². The number of benzene rings is 1. The molecule has 0 saturated heterocycles. The normalized spacial score (nSPS) is 13.8. The minimum atomic E-state index is -1.02. The summed E-state index contributed by atoms with van der Waals surface area (Å²) in [6.07, 6.45) is 0. The number of likely N-dealkylation sites (N-methyl/N-ethyl adjacent to an activating group) is 1. The van der Waals surface area contributed by atoms with Crippen LogP contribution in [0.3, 0.4) is 0 Å². The highest BCUT2D eigenvalue weighted by molar-refractivity contribution is 7.99. The minimum Gasteiger partial charge on any atom is -0.480 e. The number of carboxylic acids is 1. The summed E-state index contributed by atoms with van der Waals surface area (Å²) < 4.78 is 1.60. The third-order valence-electron chi connectivity index (χ3n) is 2.97. The molecule has 2 aromatic rings. The molecule has 112 valence electrons. The van der Waals surface area contributed by atoms with Gasteiger partial charge < -0.3 is 10.4 Å². The van der Waals surface area contributed by atoms with E-state index in [9.17, 15) is 9.90 Å². The fourth-order valence-electron chi connectivity index (χ4n) is 1.79. The predicted octanol–water partition coefficient (Wildman–Crippen LogP) is 1.21. The zero-order chi connectivity index (χ0) is 15.3. The van der Waals surface area contributed by atoms with Gasteiger partial charge in [0.15, 0.2) is 0 Å². The van der Waals surface area contributed by atoms with Gasteiger partial charge >= 0.3 is 5.97 Å². The van der Waals surface area contributed by atoms with Crippen LogP contribution < -0.4 is 5.32 Å². The van der Waals surface area contributed by atoms with Crippen molar-refractivity contribution in [3.8, 4) is 5.69 Å². The fraction of sp³-hybridized carbons (Fsp3) is 0.385. The number of hydrogen-bond donors (Lipinski definition) is 2. The highest BCUT2D eigenvalue weighted by Gasteiger charge is 2.32. The van der Waals surface area contributed by atoms with Crippen molar-refractivity contribution in [3.63, 3.8) is 0 Å². The Morgan fingerprint density at radius 2 is 2.14 bits per heavy atom. The summed E-state index contributed by atoms with van der Waals surface area (Å²) in [7, 11) is 0. The van der Waals surface area contributed by atoms with Gasteiger partial charge in [-0.1, -0.05) is 36.9 Å². The first-order valence-corrected chi connectivity index (χ1v) is 7.50. The van der Waals surface area contributed by atoms with Crippen LogP contribution in [-0.2, 0) is 4.79 Å². The van der Waals surface area contributed by atoms with E-state index in [-0.39, 0.29) is 0 Å². The molecule has 21 heavy (non-hydrogen) atoms. The Labute approximate surface area is 126 Å². The summed E-state index contributed by atoms with van der Waals surface area (Å²) in [5.74, 6) is -0.570. The summed E-state index contributed by atoms with van der Waals surface area (Å²) in [5.41, 5.74) is -0.183. The molecule has 1 unspecified atom stereocenters. The number of tetrazole rings is 1. The van der Waals surface area contributed by atoms with Crippen molar-refractivity contribution < 1.29 is 9.90 Å². The van der Waals surface area contributed by atoms with Crippen LogP contribution in [0.4, 0.5) is 0 Å². The Balaban J connectivity index is 2.15. The van der Waals surface area contributed by atoms with Crippen molar-refractivity contribution in [2.45, 2.75) is 24.5 Å². The molecule has 0 amide bonds. The Morgan fingerprint density at radius 1 is 1.43 bits per heavy atom. The molecule has 8 heteroatoms. The van der Waals surface area contributed by atoms with E-state index in [1.54, 1.807) is 11.6 Å². The van der Waals surface area contributed by atoms with Gasteiger partial charge in [0.1, 0.15) is 5.54 Å². The van der Waals surface area contributed by atoms with Gasteiger partial charge in [0, 0.05) is 5.75 Å². The Kier molecular flexibility index (Phi) is 4.92. The van der Waals surface area contributed by atoms with E-state index in [2.05, 4.69) is 20.8 Å². The summed E-state index contributed by atoms with van der Waals surface area (Å²) >= 11 is 1.31. The van der Waals surface area contributed by atoms with E-state index < -0.39 is 11.5 Å². The lowest BCUT2D eigenvalue weighted by Crippen LogP contribution is -2.51. The molecule has 0 radical (unpaired) electrons. The molecular formula is C13H17N5O2S. The molecule has 0 saturated carbocycles. The molecule has 2 rings (SSSR count). The largest absolute Gasteiger partial charge is 0.480 e. The molecule has 0 fully saturated rings. The van der Waals surface area contributed by atoms with Crippen LogP contribution in [0.2, 0.25) is 0 Å². The van der Waals surface area contributed by atoms with Crippen molar-refractivity contribution in [1.82, 2.24) is 25.5 Å². The number of thioether (sulfide) groups is 1. The van der Waals surface area contributed by atoms with Crippen LogP contribution in [0.1, 0.15) is 13.8 Å². The number of aromatic nitrogens is 4. The third kappa shape index (κ3) is 3.59. The fourth-order valence-corrected chi connectivity index (χ4v) is 2.79. The SMILES string of the molecule is CCNC(C)(CSc1nnnn1-c1ccccc1)C(=O)O. The minimum absolute atomic E-state index is 0.323. The monoisotopic (exact) mass is 307 g/mol. The topological polar surface area (TPSA) is 92.9 Å². The quantitative estimate of drug-likeness (QED) is 0.743. The maximum atomic E-state index is 11.4. The molecule has 1 aromatic heterocycles. The second kappa shape index (κ2) is 6.68. The maximum Gasteiger partial charge on any atom is 0.324 e. The number of carboxylic acid groups (broad SMARTS) is 1. The predicted molar refractivity (Wildman–Crippen MR) is 79.6 cm³/mol. The first kappa shape index (κ1) is 15.5. The van der Waals surface area contributed by atoms with Crippen molar-refractivity contribution >= 4 is 17.7 Å². The van der Waals surface area contributed by atoms with Crippen LogP contribution in [0.15, 0.2) is 35.5 Å². The second-order valence-corrected chi connectivity index (χ2v) is 5.61. The van der Waals surface area contributed by atoms with E-state index in [0.29, 0.717) is 17.5 Å². The third-order valence-corrected chi connectivity index (χ3v) is 4.21. The molecular weight excluding hydrogens is 290 g/mol. The lowest BCUT2D eigenvalue weighted by atomic mass is 10.1. The number of aliphatic carboxylic acids is 1. The van der Waals surface area contributed by atoms with Crippen LogP contribution in [0.25, 0.3) is 5.69 Å². The second-order valence-electron chi connectivity index (χ2n) is 4.67. The number of nitrogens with one attached hydrogen (secondary N) is 1. The van der Waals surface area contributed by atoms with E-state index in [0.717, 1.165) is 5.69 Å². The van der Waals surface area contributed by atoms with Gasteiger partial charge in [-0.25, -0.2) is 0 Å². The molecule has 0 spiro atoms. The van der Waals surface area contributed by atoms with Crippen LogP contribution >= 0.6 is 11.8 Å². The standard InChI is InChI=1S/C13H17N5O2S/c1-3-14-13(2,11(19)20)9-21-12-15-16-17-18(12)10-7-5-4-6-8-10/h4-8,14H,3,9H2,1-2H3,(H,19,20). The van der Waals surface area contributed by atoms with Gasteiger partial charge in [-0.3, -0.25) is 4.79 Å². The summed E-state index contributed by atoms with van der Waals surface area (Å²) in [4.78, 5) is 11.4. The van der Waals surface area contributed by atoms with Gasteiger partial charge in [-0.05, 0) is 36.0 Å². The van der Waals surface area contributed by atoms with Gasteiger partial charge in [0.2, 0.25) is 5.16 Å². The molecule has 0 bridgehead atoms. The highest BCUT2D eigenvalue weighted by atomic mass is 32.2. The Bertz CT molecular complexity index is 604. The van der Waals surface area contributed by atoms with E-state index in [1.165, 1.54) is 11.8 Å². The summed E-state index contributed by atoms with van der Waals surface area (Å²) in [6.45, 7) is 4.11. The lowest BCUT2D eigenvalue weighted by Gasteiger charge is -2.24. The summed E-state index contributed by atoms with van der Waals surface area (Å²) in [5, 5.41) is 24.5. The van der Waals surface area contributed by atoms with Crippen molar-refractivity contribution in [3.05, 3.63) is 30.3 Å². The molecule has 0 aliphatic heterocycles. The zero-order valence-electron chi connectivity index (χ0n) is 11.9. The Hall–Kier alpha value is -1.93. The molecule has 1 aromatic carbocycles.